The van der Waals surface area contributed by atoms with Crippen molar-refractivity contribution in [3.8, 4) is 0 Å². The van der Waals surface area contributed by atoms with Gasteiger partial charge in [0.15, 0.2) is 0 Å². The quantitative estimate of drug-likeness (QED) is 0.524. The number of thioether (sulfide) groups is 1. The fourth-order valence-corrected chi connectivity index (χ4v) is 2.37. The highest BCUT2D eigenvalue weighted by Crippen LogP contribution is 2.25. The molecule has 0 fully saturated rings. The molecule has 2 heteroatoms. The van der Waals surface area contributed by atoms with Gasteiger partial charge in [0, 0.05) is 10.1 Å². The van der Waals surface area contributed by atoms with Gasteiger partial charge in [0.1, 0.15) is 7.85 Å². The summed E-state index contributed by atoms with van der Waals surface area (Å²) in [5.74, 6) is 0. The van der Waals surface area contributed by atoms with Gasteiger partial charge in [-0.05, 0) is 18.6 Å². The molecule has 2 radical (unpaired) electrons. The molecule has 0 aliphatic heterocycles. The van der Waals surface area contributed by atoms with Crippen LogP contribution in [0.15, 0.2) is 29.2 Å². The second-order valence-corrected chi connectivity index (χ2v) is 5.15. The third kappa shape index (κ3) is 4.23. The first-order chi connectivity index (χ1) is 6.72. The predicted molar refractivity (Wildman–Crippen MR) is 66.7 cm³/mol. The van der Waals surface area contributed by atoms with Crippen molar-refractivity contribution in [2.24, 2.45) is 0 Å². The molecule has 0 amide bonds. The van der Waals surface area contributed by atoms with Crippen LogP contribution in [0.5, 0.6) is 0 Å². The Morgan fingerprint density at radius 2 is 1.93 bits per heavy atom. The smallest absolute Gasteiger partial charge is 0.113 e. The highest BCUT2D eigenvalue weighted by atomic mass is 32.2. The largest absolute Gasteiger partial charge is 0.123 e. The standard InChI is InChI=1S/C12H17BS/c1-3-4-5-10(2)14-12-8-6-11(13)7-9-12/h6-10H,3-5H2,1-2H3. The van der Waals surface area contributed by atoms with Gasteiger partial charge < -0.3 is 0 Å². The summed E-state index contributed by atoms with van der Waals surface area (Å²) in [5, 5.41) is 0.707. The summed E-state index contributed by atoms with van der Waals surface area (Å²) in [6.45, 7) is 4.53. The fourth-order valence-electron chi connectivity index (χ4n) is 1.33. The van der Waals surface area contributed by atoms with E-state index in [1.165, 1.54) is 24.2 Å². The fraction of sp³-hybridized carbons (Fsp3) is 0.500. The summed E-state index contributed by atoms with van der Waals surface area (Å²) in [5.41, 5.74) is 0.843. The Morgan fingerprint density at radius 3 is 2.50 bits per heavy atom. The highest BCUT2D eigenvalue weighted by Gasteiger charge is 2.02. The molecular formula is C12H17BS. The topological polar surface area (TPSA) is 0 Å². The van der Waals surface area contributed by atoms with E-state index in [2.05, 4.69) is 26.0 Å². The monoisotopic (exact) mass is 204 g/mol. The van der Waals surface area contributed by atoms with Crippen LogP contribution in [0.1, 0.15) is 33.1 Å². The van der Waals surface area contributed by atoms with Crippen LogP contribution in [0.25, 0.3) is 0 Å². The maximum Gasteiger partial charge on any atom is 0.113 e. The van der Waals surface area contributed by atoms with Gasteiger partial charge in [0.25, 0.3) is 0 Å². The van der Waals surface area contributed by atoms with E-state index < -0.39 is 0 Å². The van der Waals surface area contributed by atoms with Gasteiger partial charge in [0.2, 0.25) is 0 Å². The molecular weight excluding hydrogens is 187 g/mol. The van der Waals surface area contributed by atoms with Crippen LogP contribution in [0.3, 0.4) is 0 Å². The van der Waals surface area contributed by atoms with Crippen molar-refractivity contribution in [1.29, 1.82) is 0 Å². The number of hydrogen-bond acceptors (Lipinski definition) is 1. The number of rotatable bonds is 5. The van der Waals surface area contributed by atoms with Crippen LogP contribution in [-0.4, -0.2) is 13.1 Å². The minimum atomic E-state index is 0.707. The van der Waals surface area contributed by atoms with Gasteiger partial charge in [-0.2, -0.15) is 0 Å². The molecule has 1 aromatic rings. The van der Waals surface area contributed by atoms with Crippen molar-refractivity contribution in [1.82, 2.24) is 0 Å². The molecule has 0 aromatic heterocycles. The van der Waals surface area contributed by atoms with Gasteiger partial charge in [-0.15, -0.1) is 11.8 Å². The number of hydrogen-bond donors (Lipinski definition) is 0. The molecule has 0 spiro atoms. The Labute approximate surface area is 92.9 Å². The summed E-state index contributed by atoms with van der Waals surface area (Å²) in [7, 11) is 5.63. The van der Waals surface area contributed by atoms with Gasteiger partial charge in [-0.1, -0.05) is 44.3 Å². The lowest BCUT2D eigenvalue weighted by Crippen LogP contribution is -2.00. The minimum absolute atomic E-state index is 0.707. The first-order valence-corrected chi connectivity index (χ1v) is 6.12. The Morgan fingerprint density at radius 1 is 1.29 bits per heavy atom. The Kier molecular flexibility index (Phi) is 5.17. The second-order valence-electron chi connectivity index (χ2n) is 3.64. The van der Waals surface area contributed by atoms with E-state index in [4.69, 9.17) is 7.85 Å². The van der Waals surface area contributed by atoms with Gasteiger partial charge >= 0.3 is 0 Å². The van der Waals surface area contributed by atoms with Crippen LogP contribution in [0.4, 0.5) is 0 Å². The molecule has 74 valence electrons. The first kappa shape index (κ1) is 11.7. The van der Waals surface area contributed by atoms with Gasteiger partial charge in [-0.3, -0.25) is 0 Å². The Bertz CT molecular complexity index is 256. The van der Waals surface area contributed by atoms with E-state index in [0.29, 0.717) is 5.25 Å². The maximum absolute atomic E-state index is 5.63. The highest BCUT2D eigenvalue weighted by molar-refractivity contribution is 7.99. The molecule has 0 heterocycles. The molecule has 1 rings (SSSR count). The Balaban J connectivity index is 2.39. The van der Waals surface area contributed by atoms with E-state index in [1.54, 1.807) is 0 Å². The third-order valence-corrected chi connectivity index (χ3v) is 3.36. The molecule has 1 aromatic carbocycles. The van der Waals surface area contributed by atoms with Crippen LogP contribution in [0.2, 0.25) is 0 Å². The van der Waals surface area contributed by atoms with E-state index >= 15 is 0 Å². The molecule has 0 N–H and O–H groups in total. The molecule has 0 nitrogen and oxygen atoms in total. The van der Waals surface area contributed by atoms with Gasteiger partial charge in [0.05, 0.1) is 0 Å². The summed E-state index contributed by atoms with van der Waals surface area (Å²) in [6, 6.07) is 8.13. The van der Waals surface area contributed by atoms with Crippen molar-refractivity contribution < 1.29 is 0 Å². The zero-order valence-electron chi connectivity index (χ0n) is 8.99. The molecule has 0 aliphatic rings. The minimum Gasteiger partial charge on any atom is -0.123 e. The van der Waals surface area contributed by atoms with Crippen molar-refractivity contribution in [3.05, 3.63) is 24.3 Å². The molecule has 1 unspecified atom stereocenters. The van der Waals surface area contributed by atoms with Crippen LogP contribution >= 0.6 is 11.8 Å². The van der Waals surface area contributed by atoms with E-state index in [1.807, 2.05) is 23.9 Å². The predicted octanol–water partition coefficient (Wildman–Crippen LogP) is 3.15. The van der Waals surface area contributed by atoms with E-state index in [0.717, 1.165) is 5.46 Å². The molecule has 0 aliphatic carbocycles. The lowest BCUT2D eigenvalue weighted by Gasteiger charge is -2.10. The maximum atomic E-state index is 5.63. The van der Waals surface area contributed by atoms with Crippen LogP contribution < -0.4 is 5.46 Å². The first-order valence-electron chi connectivity index (χ1n) is 5.24. The normalized spacial score (nSPS) is 12.7. The van der Waals surface area contributed by atoms with Crippen molar-refractivity contribution in [2.75, 3.05) is 0 Å². The summed E-state index contributed by atoms with van der Waals surface area (Å²) >= 11 is 1.94. The average molecular weight is 204 g/mol. The number of unbranched alkanes of at least 4 members (excludes halogenated alkanes) is 1. The van der Waals surface area contributed by atoms with Crippen LogP contribution in [0, 0.1) is 0 Å². The average Bonchev–Trinajstić information content (AvgIpc) is 2.18. The third-order valence-electron chi connectivity index (χ3n) is 2.18. The molecule has 0 bridgehead atoms. The van der Waals surface area contributed by atoms with E-state index in [9.17, 15) is 0 Å². The van der Waals surface area contributed by atoms with Crippen molar-refractivity contribution >= 4 is 25.1 Å². The van der Waals surface area contributed by atoms with Crippen LogP contribution in [-0.2, 0) is 0 Å². The molecule has 0 saturated heterocycles. The lowest BCUT2D eigenvalue weighted by molar-refractivity contribution is 0.713. The zero-order chi connectivity index (χ0) is 10.4. The second kappa shape index (κ2) is 6.18. The molecule has 14 heavy (non-hydrogen) atoms. The summed E-state index contributed by atoms with van der Waals surface area (Å²) in [6.07, 6.45) is 3.90. The summed E-state index contributed by atoms with van der Waals surface area (Å²) in [4.78, 5) is 1.32. The molecule has 1 atom stereocenters. The van der Waals surface area contributed by atoms with Crippen molar-refractivity contribution in [2.45, 2.75) is 43.3 Å². The van der Waals surface area contributed by atoms with Crippen molar-refractivity contribution in [3.63, 3.8) is 0 Å². The molecule has 0 saturated carbocycles. The SMILES string of the molecule is [B]c1ccc(SC(C)CCCC)cc1. The van der Waals surface area contributed by atoms with E-state index in [-0.39, 0.29) is 0 Å². The van der Waals surface area contributed by atoms with Gasteiger partial charge in [-0.25, -0.2) is 0 Å². The zero-order valence-corrected chi connectivity index (χ0v) is 9.81. The summed E-state index contributed by atoms with van der Waals surface area (Å²) < 4.78 is 0. The Hall–Kier alpha value is -0.365. The number of benzene rings is 1. The lowest BCUT2D eigenvalue weighted by atomic mass is 9.97.